The Balaban J connectivity index is 1.95. The molecule has 2 rings (SSSR count). The number of urea groups is 1. The molecule has 2 unspecified atom stereocenters. The Hall–Kier alpha value is -1.30. The maximum atomic E-state index is 12.7. The van der Waals surface area contributed by atoms with Gasteiger partial charge in [0.1, 0.15) is 0 Å². The van der Waals surface area contributed by atoms with E-state index in [0.717, 1.165) is 32.2 Å². The molecule has 0 saturated carbocycles. The molecule has 2 heterocycles. The Bertz CT molecular complexity index is 375. The zero-order valence-corrected chi connectivity index (χ0v) is 12.8. The minimum Gasteiger partial charge on any atom is -0.481 e. The molecule has 2 aliphatic rings. The van der Waals surface area contributed by atoms with E-state index in [4.69, 9.17) is 9.84 Å². The van der Waals surface area contributed by atoms with Crippen LogP contribution in [0.25, 0.3) is 0 Å². The number of likely N-dealkylation sites (tertiary alicyclic amines) is 1. The Kier molecular flexibility index (Phi) is 5.85. The normalized spacial score (nSPS) is 26.7. The first kappa shape index (κ1) is 16.1. The van der Waals surface area contributed by atoms with Gasteiger partial charge in [0, 0.05) is 32.1 Å². The summed E-state index contributed by atoms with van der Waals surface area (Å²) in [6.45, 7) is 4.69. The molecule has 0 bridgehead atoms. The SMILES string of the molecule is CCC1CN(C(=O)N2CCCCC2CCC(=O)O)CCO1. The molecule has 2 saturated heterocycles. The van der Waals surface area contributed by atoms with Crippen LogP contribution in [0.2, 0.25) is 0 Å². The first-order chi connectivity index (χ1) is 10.1. The maximum Gasteiger partial charge on any atom is 0.320 e. The summed E-state index contributed by atoms with van der Waals surface area (Å²) in [5.41, 5.74) is 0. The van der Waals surface area contributed by atoms with Crippen molar-refractivity contribution in [2.24, 2.45) is 0 Å². The number of nitrogens with zero attached hydrogens (tertiary/aromatic N) is 2. The van der Waals surface area contributed by atoms with Crippen molar-refractivity contribution in [2.45, 2.75) is 57.6 Å². The summed E-state index contributed by atoms with van der Waals surface area (Å²) in [7, 11) is 0. The second-order valence-corrected chi connectivity index (χ2v) is 5.91. The highest BCUT2D eigenvalue weighted by atomic mass is 16.5. The van der Waals surface area contributed by atoms with E-state index >= 15 is 0 Å². The Morgan fingerprint density at radius 1 is 1.29 bits per heavy atom. The molecule has 0 aromatic heterocycles. The van der Waals surface area contributed by atoms with E-state index in [1.54, 1.807) is 0 Å². The summed E-state index contributed by atoms with van der Waals surface area (Å²) in [5, 5.41) is 8.85. The van der Waals surface area contributed by atoms with Crippen LogP contribution in [-0.4, -0.2) is 65.3 Å². The van der Waals surface area contributed by atoms with Crippen molar-refractivity contribution >= 4 is 12.0 Å². The number of carbonyl (C=O) groups is 2. The third kappa shape index (κ3) is 4.33. The number of hydrogen-bond acceptors (Lipinski definition) is 3. The lowest BCUT2D eigenvalue weighted by molar-refractivity contribution is -0.137. The molecule has 0 radical (unpaired) electrons. The van der Waals surface area contributed by atoms with Crippen LogP contribution >= 0.6 is 0 Å². The van der Waals surface area contributed by atoms with Crippen molar-refractivity contribution in [3.63, 3.8) is 0 Å². The molecule has 6 heteroatoms. The monoisotopic (exact) mass is 298 g/mol. The second kappa shape index (κ2) is 7.64. The lowest BCUT2D eigenvalue weighted by Crippen LogP contribution is -2.54. The van der Waals surface area contributed by atoms with Gasteiger partial charge >= 0.3 is 12.0 Å². The smallest absolute Gasteiger partial charge is 0.320 e. The third-order valence-electron chi connectivity index (χ3n) is 4.43. The minimum atomic E-state index is -0.787. The molecule has 0 spiro atoms. The molecular formula is C15H26N2O4. The zero-order chi connectivity index (χ0) is 15.2. The number of aliphatic carboxylic acids is 1. The maximum absolute atomic E-state index is 12.7. The van der Waals surface area contributed by atoms with E-state index in [-0.39, 0.29) is 24.6 Å². The van der Waals surface area contributed by atoms with Crippen LogP contribution in [0.15, 0.2) is 0 Å². The van der Waals surface area contributed by atoms with Crippen LogP contribution in [0.5, 0.6) is 0 Å². The average Bonchev–Trinajstić information content (AvgIpc) is 2.52. The minimum absolute atomic E-state index is 0.0619. The van der Waals surface area contributed by atoms with Gasteiger partial charge < -0.3 is 19.6 Å². The van der Waals surface area contributed by atoms with Gasteiger partial charge in [0.15, 0.2) is 0 Å². The van der Waals surface area contributed by atoms with Crippen LogP contribution < -0.4 is 0 Å². The Morgan fingerprint density at radius 3 is 2.81 bits per heavy atom. The fourth-order valence-corrected chi connectivity index (χ4v) is 3.16. The lowest BCUT2D eigenvalue weighted by atomic mass is 9.98. The van der Waals surface area contributed by atoms with Gasteiger partial charge in [-0.3, -0.25) is 4.79 Å². The van der Waals surface area contributed by atoms with Gasteiger partial charge in [-0.2, -0.15) is 0 Å². The van der Waals surface area contributed by atoms with Gasteiger partial charge in [0.05, 0.1) is 12.7 Å². The first-order valence-electron chi connectivity index (χ1n) is 8.00. The molecule has 21 heavy (non-hydrogen) atoms. The van der Waals surface area contributed by atoms with Gasteiger partial charge in [0.25, 0.3) is 0 Å². The van der Waals surface area contributed by atoms with Crippen molar-refractivity contribution in [3.8, 4) is 0 Å². The number of carboxylic acid groups (broad SMARTS) is 1. The molecule has 6 nitrogen and oxygen atoms in total. The molecule has 2 aliphatic heterocycles. The van der Waals surface area contributed by atoms with E-state index in [1.165, 1.54) is 0 Å². The van der Waals surface area contributed by atoms with Gasteiger partial charge in [-0.15, -0.1) is 0 Å². The quantitative estimate of drug-likeness (QED) is 0.861. The molecule has 2 fully saturated rings. The van der Waals surface area contributed by atoms with Crippen LogP contribution in [0.1, 0.15) is 45.4 Å². The van der Waals surface area contributed by atoms with Crippen molar-refractivity contribution in [3.05, 3.63) is 0 Å². The van der Waals surface area contributed by atoms with Crippen molar-refractivity contribution in [1.82, 2.24) is 9.80 Å². The van der Waals surface area contributed by atoms with Crippen LogP contribution in [0, 0.1) is 0 Å². The van der Waals surface area contributed by atoms with Gasteiger partial charge in [-0.25, -0.2) is 4.79 Å². The predicted molar refractivity (Wildman–Crippen MR) is 78.2 cm³/mol. The van der Waals surface area contributed by atoms with E-state index < -0.39 is 5.97 Å². The molecule has 0 aromatic rings. The number of carbonyl (C=O) groups excluding carboxylic acids is 1. The molecule has 120 valence electrons. The highest BCUT2D eigenvalue weighted by molar-refractivity contribution is 5.75. The van der Waals surface area contributed by atoms with Crippen molar-refractivity contribution in [2.75, 3.05) is 26.2 Å². The molecule has 0 aromatic carbocycles. The van der Waals surface area contributed by atoms with Gasteiger partial charge in [0.2, 0.25) is 0 Å². The average molecular weight is 298 g/mol. The second-order valence-electron chi connectivity index (χ2n) is 5.91. The summed E-state index contributed by atoms with van der Waals surface area (Å²) in [4.78, 5) is 27.3. The van der Waals surface area contributed by atoms with Crippen LogP contribution in [-0.2, 0) is 9.53 Å². The molecule has 0 aliphatic carbocycles. The lowest BCUT2D eigenvalue weighted by Gasteiger charge is -2.41. The summed E-state index contributed by atoms with van der Waals surface area (Å²) in [6, 6.07) is 0.136. The van der Waals surface area contributed by atoms with E-state index in [9.17, 15) is 9.59 Å². The fourth-order valence-electron chi connectivity index (χ4n) is 3.16. The summed E-state index contributed by atoms with van der Waals surface area (Å²) < 4.78 is 5.61. The number of rotatable bonds is 4. The predicted octanol–water partition coefficient (Wildman–Crippen LogP) is 1.94. The largest absolute Gasteiger partial charge is 0.481 e. The van der Waals surface area contributed by atoms with E-state index in [1.807, 2.05) is 9.80 Å². The van der Waals surface area contributed by atoms with Gasteiger partial charge in [-0.1, -0.05) is 6.92 Å². The number of carboxylic acids is 1. The zero-order valence-electron chi connectivity index (χ0n) is 12.8. The highest BCUT2D eigenvalue weighted by Gasteiger charge is 2.32. The van der Waals surface area contributed by atoms with Crippen LogP contribution in [0.3, 0.4) is 0 Å². The topological polar surface area (TPSA) is 70.1 Å². The van der Waals surface area contributed by atoms with Crippen LogP contribution in [0.4, 0.5) is 4.79 Å². The molecule has 2 amide bonds. The fraction of sp³-hybridized carbons (Fsp3) is 0.867. The summed E-state index contributed by atoms with van der Waals surface area (Å²) >= 11 is 0. The van der Waals surface area contributed by atoms with Gasteiger partial charge in [-0.05, 0) is 32.1 Å². The summed E-state index contributed by atoms with van der Waals surface area (Å²) in [5.74, 6) is -0.787. The first-order valence-corrected chi connectivity index (χ1v) is 8.00. The van der Waals surface area contributed by atoms with Crippen molar-refractivity contribution < 1.29 is 19.4 Å². The van der Waals surface area contributed by atoms with E-state index in [0.29, 0.717) is 26.1 Å². The Morgan fingerprint density at radius 2 is 2.10 bits per heavy atom. The number of morpholine rings is 1. The molecule has 2 atom stereocenters. The standard InChI is InChI=1S/C15H26N2O4/c1-2-13-11-16(9-10-21-13)15(20)17-8-4-3-5-12(17)6-7-14(18)19/h12-13H,2-11H2,1H3,(H,18,19). The number of piperidine rings is 1. The molecular weight excluding hydrogens is 272 g/mol. The molecule has 1 N–H and O–H groups in total. The van der Waals surface area contributed by atoms with Crippen molar-refractivity contribution in [1.29, 1.82) is 0 Å². The summed E-state index contributed by atoms with van der Waals surface area (Å²) in [6.07, 6.45) is 4.74. The number of ether oxygens (including phenoxy) is 1. The highest BCUT2D eigenvalue weighted by Crippen LogP contribution is 2.23. The third-order valence-corrected chi connectivity index (χ3v) is 4.43. The number of amides is 2. The number of hydrogen-bond donors (Lipinski definition) is 1. The Labute approximate surface area is 126 Å². The van der Waals surface area contributed by atoms with E-state index in [2.05, 4.69) is 6.92 Å².